The molecule has 168 valence electrons. The molecule has 32 heavy (non-hydrogen) atoms. The van der Waals surface area contributed by atoms with Gasteiger partial charge in [-0.2, -0.15) is 4.98 Å². The van der Waals surface area contributed by atoms with E-state index in [9.17, 15) is 9.59 Å². The van der Waals surface area contributed by atoms with E-state index in [2.05, 4.69) is 22.0 Å². The van der Waals surface area contributed by atoms with Crippen molar-refractivity contribution in [3.63, 3.8) is 0 Å². The van der Waals surface area contributed by atoms with E-state index in [0.29, 0.717) is 42.7 Å². The molecule has 0 radical (unpaired) electrons. The number of benzene rings is 1. The zero-order chi connectivity index (χ0) is 22.8. The number of amides is 2. The highest BCUT2D eigenvalue weighted by molar-refractivity contribution is 7.98. The van der Waals surface area contributed by atoms with Crippen LogP contribution in [0, 0.1) is 13.8 Å². The summed E-state index contributed by atoms with van der Waals surface area (Å²) in [4.78, 5) is 38.4. The van der Waals surface area contributed by atoms with Gasteiger partial charge in [0.2, 0.25) is 11.1 Å². The van der Waals surface area contributed by atoms with E-state index in [1.54, 1.807) is 4.52 Å². The highest BCUT2D eigenvalue weighted by Crippen LogP contribution is 2.18. The molecule has 3 aromatic rings. The molecule has 0 bridgehead atoms. The molecule has 2 aromatic heterocycles. The first kappa shape index (κ1) is 22.3. The molecule has 0 atom stereocenters. The van der Waals surface area contributed by atoms with Crippen LogP contribution in [0.15, 0.2) is 29.4 Å². The Labute approximate surface area is 192 Å². The van der Waals surface area contributed by atoms with Gasteiger partial charge in [0.15, 0.2) is 0 Å². The Morgan fingerprint density at radius 1 is 1.00 bits per heavy atom. The first-order valence-corrected chi connectivity index (χ1v) is 12.1. The number of piperazine rings is 1. The van der Waals surface area contributed by atoms with Crippen LogP contribution in [0.5, 0.6) is 0 Å². The third-order valence-corrected chi connectivity index (χ3v) is 6.61. The van der Waals surface area contributed by atoms with Crippen molar-refractivity contribution in [1.29, 1.82) is 0 Å². The van der Waals surface area contributed by atoms with E-state index in [-0.39, 0.29) is 18.2 Å². The molecule has 1 aliphatic heterocycles. The second-order valence-corrected chi connectivity index (χ2v) is 8.75. The van der Waals surface area contributed by atoms with Gasteiger partial charge in [0, 0.05) is 48.7 Å². The molecular weight excluding hydrogens is 424 g/mol. The standard InChI is InChI=1S/C23H28N6O2S/c1-5-17-6-8-18(9-7-17)21(31)28-12-10-27(11-13-28)20(30)14-19-15(2)24-22-25-23(32-4)26-29(22)16(19)3/h6-9H,5,10-14H2,1-4H3. The van der Waals surface area contributed by atoms with Gasteiger partial charge in [0.25, 0.3) is 11.7 Å². The lowest BCUT2D eigenvalue weighted by Crippen LogP contribution is -2.51. The van der Waals surface area contributed by atoms with Crippen LogP contribution in [-0.2, 0) is 17.6 Å². The van der Waals surface area contributed by atoms with Gasteiger partial charge in [-0.3, -0.25) is 9.59 Å². The normalized spacial score (nSPS) is 14.2. The van der Waals surface area contributed by atoms with Crippen LogP contribution < -0.4 is 0 Å². The van der Waals surface area contributed by atoms with E-state index in [0.717, 1.165) is 23.4 Å². The molecule has 4 rings (SSSR count). The monoisotopic (exact) mass is 452 g/mol. The third-order valence-electron chi connectivity index (χ3n) is 6.07. The van der Waals surface area contributed by atoms with Gasteiger partial charge in [-0.15, -0.1) is 5.10 Å². The van der Waals surface area contributed by atoms with Crippen molar-refractivity contribution >= 4 is 29.4 Å². The molecule has 0 spiro atoms. The number of rotatable bonds is 5. The lowest BCUT2D eigenvalue weighted by Gasteiger charge is -2.35. The van der Waals surface area contributed by atoms with Gasteiger partial charge in [0.05, 0.1) is 6.42 Å². The molecule has 1 aromatic carbocycles. The van der Waals surface area contributed by atoms with Crippen LogP contribution in [-0.4, -0.2) is 73.6 Å². The molecule has 3 heterocycles. The molecule has 1 fully saturated rings. The van der Waals surface area contributed by atoms with Gasteiger partial charge in [-0.25, -0.2) is 9.50 Å². The summed E-state index contributed by atoms with van der Waals surface area (Å²) in [6, 6.07) is 7.78. The van der Waals surface area contributed by atoms with E-state index in [4.69, 9.17) is 0 Å². The predicted octanol–water partition coefficient (Wildman–Crippen LogP) is 2.55. The Kier molecular flexibility index (Phi) is 6.45. The first-order chi connectivity index (χ1) is 15.4. The van der Waals surface area contributed by atoms with Crippen molar-refractivity contribution < 1.29 is 9.59 Å². The smallest absolute Gasteiger partial charge is 0.253 e. The fraction of sp³-hybridized carbons (Fsp3) is 0.435. The molecule has 8 nitrogen and oxygen atoms in total. The fourth-order valence-electron chi connectivity index (χ4n) is 4.02. The first-order valence-electron chi connectivity index (χ1n) is 10.8. The summed E-state index contributed by atoms with van der Waals surface area (Å²) >= 11 is 1.46. The number of hydrogen-bond acceptors (Lipinski definition) is 6. The highest BCUT2D eigenvalue weighted by Gasteiger charge is 2.26. The number of nitrogens with zero attached hydrogens (tertiary/aromatic N) is 6. The number of hydrogen-bond donors (Lipinski definition) is 0. The van der Waals surface area contributed by atoms with Crippen LogP contribution >= 0.6 is 11.8 Å². The Balaban J connectivity index is 1.41. The number of aryl methyl sites for hydroxylation is 3. The minimum Gasteiger partial charge on any atom is -0.339 e. The minimum absolute atomic E-state index is 0.0249. The van der Waals surface area contributed by atoms with Crippen molar-refractivity contribution in [1.82, 2.24) is 29.4 Å². The summed E-state index contributed by atoms with van der Waals surface area (Å²) in [5, 5.41) is 5.12. The number of fused-ring (bicyclic) bond motifs is 1. The van der Waals surface area contributed by atoms with Gasteiger partial charge in [-0.1, -0.05) is 30.8 Å². The van der Waals surface area contributed by atoms with Crippen LogP contribution in [0.3, 0.4) is 0 Å². The number of thioether (sulfide) groups is 1. The fourth-order valence-corrected chi connectivity index (χ4v) is 4.36. The van der Waals surface area contributed by atoms with E-state index in [1.807, 2.05) is 54.2 Å². The second kappa shape index (κ2) is 9.28. The topological polar surface area (TPSA) is 83.7 Å². The van der Waals surface area contributed by atoms with Crippen LogP contribution in [0.2, 0.25) is 0 Å². The molecule has 1 saturated heterocycles. The zero-order valence-electron chi connectivity index (χ0n) is 19.0. The average molecular weight is 453 g/mol. The SMILES string of the molecule is CCc1ccc(C(=O)N2CCN(C(=O)Cc3c(C)nc4nc(SC)nn4c3C)CC2)cc1. The molecule has 1 aliphatic rings. The molecule has 0 N–H and O–H groups in total. The van der Waals surface area contributed by atoms with Crippen molar-refractivity contribution in [2.24, 2.45) is 0 Å². The van der Waals surface area contributed by atoms with Crippen molar-refractivity contribution in [3.8, 4) is 0 Å². The summed E-state index contributed by atoms with van der Waals surface area (Å²) in [6.45, 7) is 8.09. The van der Waals surface area contributed by atoms with E-state index >= 15 is 0 Å². The highest BCUT2D eigenvalue weighted by atomic mass is 32.2. The molecular formula is C23H28N6O2S. The Bertz CT molecular complexity index is 1150. The van der Waals surface area contributed by atoms with E-state index < -0.39 is 0 Å². The summed E-state index contributed by atoms with van der Waals surface area (Å²) in [7, 11) is 0. The molecule has 9 heteroatoms. The predicted molar refractivity (Wildman–Crippen MR) is 124 cm³/mol. The van der Waals surface area contributed by atoms with Crippen molar-refractivity contribution in [3.05, 3.63) is 52.3 Å². The summed E-state index contributed by atoms with van der Waals surface area (Å²) in [6.07, 6.45) is 3.14. The van der Waals surface area contributed by atoms with Gasteiger partial charge in [-0.05, 0) is 44.2 Å². The quantitative estimate of drug-likeness (QED) is 0.553. The zero-order valence-corrected chi connectivity index (χ0v) is 19.8. The maximum atomic E-state index is 13.0. The van der Waals surface area contributed by atoms with Crippen LogP contribution in [0.4, 0.5) is 0 Å². The van der Waals surface area contributed by atoms with E-state index in [1.165, 1.54) is 17.3 Å². The largest absolute Gasteiger partial charge is 0.339 e. The summed E-state index contributed by atoms with van der Waals surface area (Å²) < 4.78 is 1.71. The lowest BCUT2D eigenvalue weighted by atomic mass is 10.1. The second-order valence-electron chi connectivity index (χ2n) is 7.97. The van der Waals surface area contributed by atoms with Gasteiger partial charge in [0.1, 0.15) is 0 Å². The molecule has 0 aliphatic carbocycles. The summed E-state index contributed by atoms with van der Waals surface area (Å²) in [5.74, 6) is 0.624. The minimum atomic E-state index is 0.0249. The lowest BCUT2D eigenvalue weighted by molar-refractivity contribution is -0.131. The number of carbonyl (C=O) groups is 2. The van der Waals surface area contributed by atoms with Crippen LogP contribution in [0.25, 0.3) is 5.78 Å². The number of aromatic nitrogens is 4. The Hall–Kier alpha value is -2.94. The Morgan fingerprint density at radius 2 is 1.66 bits per heavy atom. The third kappa shape index (κ3) is 4.34. The van der Waals surface area contributed by atoms with Crippen LogP contribution in [0.1, 0.15) is 39.8 Å². The molecule has 0 saturated carbocycles. The molecule has 0 unspecified atom stereocenters. The average Bonchev–Trinajstić information content (AvgIpc) is 3.24. The molecule has 2 amide bonds. The van der Waals surface area contributed by atoms with Gasteiger partial charge >= 0.3 is 0 Å². The van der Waals surface area contributed by atoms with Crippen molar-refractivity contribution in [2.45, 2.75) is 38.8 Å². The maximum absolute atomic E-state index is 13.0. The summed E-state index contributed by atoms with van der Waals surface area (Å²) in [5.41, 5.74) is 4.48. The Morgan fingerprint density at radius 3 is 2.28 bits per heavy atom. The van der Waals surface area contributed by atoms with Gasteiger partial charge < -0.3 is 9.80 Å². The number of carbonyl (C=O) groups excluding carboxylic acids is 2. The van der Waals surface area contributed by atoms with Crippen molar-refractivity contribution in [2.75, 3.05) is 32.4 Å². The maximum Gasteiger partial charge on any atom is 0.253 e.